The smallest absolute Gasteiger partial charge is 0.123 e. The molecule has 3 nitrogen and oxygen atoms in total. The molecule has 5 heteroatoms. The van der Waals surface area contributed by atoms with Crippen molar-refractivity contribution in [3.63, 3.8) is 0 Å². The van der Waals surface area contributed by atoms with E-state index in [0.29, 0.717) is 5.56 Å². The quantitative estimate of drug-likeness (QED) is 0.856. The molecule has 1 aromatic carbocycles. The Bertz CT molecular complexity index is 322. The van der Waals surface area contributed by atoms with Gasteiger partial charge in [0.2, 0.25) is 0 Å². The monoisotopic (exact) mass is 277 g/mol. The fourth-order valence-electron chi connectivity index (χ4n) is 1.03. The second-order valence-corrected chi connectivity index (χ2v) is 3.99. The Morgan fingerprint density at radius 1 is 1.53 bits per heavy atom. The van der Waals surface area contributed by atoms with E-state index in [0.717, 1.165) is 4.47 Å². The van der Waals surface area contributed by atoms with Gasteiger partial charge in [0.25, 0.3) is 0 Å². The third-order valence-electron chi connectivity index (χ3n) is 1.85. The van der Waals surface area contributed by atoms with Crippen molar-refractivity contribution in [3.05, 3.63) is 34.1 Å². The molecule has 0 radical (unpaired) electrons. The van der Waals surface area contributed by atoms with Crippen molar-refractivity contribution in [1.82, 2.24) is 0 Å². The number of hydrogen-bond donors (Lipinski definition) is 2. The van der Waals surface area contributed by atoms with Gasteiger partial charge in [-0.3, -0.25) is 0 Å². The first kappa shape index (κ1) is 12.6. The maximum atomic E-state index is 12.9. The maximum absolute atomic E-state index is 12.9. The summed E-state index contributed by atoms with van der Waals surface area (Å²) in [5.74, 6) is -0.309. The summed E-state index contributed by atoms with van der Waals surface area (Å²) in [5.41, 5.74) is 5.91. The van der Waals surface area contributed by atoms with Gasteiger partial charge in [-0.15, -0.1) is 0 Å². The van der Waals surface area contributed by atoms with Crippen LogP contribution in [-0.2, 0) is 11.3 Å². The molecule has 0 aliphatic rings. The summed E-state index contributed by atoms with van der Waals surface area (Å²) in [6.07, 6.45) is -0.669. The summed E-state index contributed by atoms with van der Waals surface area (Å²) in [6, 6.07) is 4.37. The van der Waals surface area contributed by atoms with E-state index in [9.17, 15) is 4.39 Å². The number of aliphatic hydroxyl groups excluding tert-OH is 1. The normalized spacial score (nSPS) is 12.8. The molecule has 0 aliphatic carbocycles. The molecular weight excluding hydrogens is 265 g/mol. The number of ether oxygens (including phenoxy) is 1. The Morgan fingerprint density at radius 3 is 2.93 bits per heavy atom. The third-order valence-corrected chi connectivity index (χ3v) is 2.62. The van der Waals surface area contributed by atoms with E-state index in [-0.39, 0.29) is 25.6 Å². The Hall–Kier alpha value is -0.490. The number of aliphatic hydroxyl groups is 1. The molecular formula is C10H13BrFNO2. The predicted octanol–water partition coefficient (Wildman–Crippen LogP) is 1.42. The number of halogens is 2. The molecule has 0 bridgehead atoms. The van der Waals surface area contributed by atoms with Gasteiger partial charge in [0.05, 0.1) is 19.3 Å². The largest absolute Gasteiger partial charge is 0.389 e. The van der Waals surface area contributed by atoms with Crippen molar-refractivity contribution in [1.29, 1.82) is 0 Å². The number of nitrogens with two attached hydrogens (primary N) is 1. The molecule has 0 aromatic heterocycles. The van der Waals surface area contributed by atoms with Crippen molar-refractivity contribution in [2.24, 2.45) is 5.73 Å². The van der Waals surface area contributed by atoms with Crippen LogP contribution in [0.1, 0.15) is 5.56 Å². The summed E-state index contributed by atoms with van der Waals surface area (Å²) < 4.78 is 18.8. The fraction of sp³-hybridized carbons (Fsp3) is 0.400. The zero-order valence-electron chi connectivity index (χ0n) is 8.12. The van der Waals surface area contributed by atoms with Crippen molar-refractivity contribution in [2.45, 2.75) is 12.7 Å². The van der Waals surface area contributed by atoms with Crippen LogP contribution in [0, 0.1) is 5.82 Å². The Kier molecular flexibility index (Phi) is 5.17. The van der Waals surface area contributed by atoms with Crippen LogP contribution in [0.4, 0.5) is 4.39 Å². The third kappa shape index (κ3) is 4.25. The lowest BCUT2D eigenvalue weighted by Gasteiger charge is -2.09. The average molecular weight is 278 g/mol. The summed E-state index contributed by atoms with van der Waals surface area (Å²) in [4.78, 5) is 0. The highest BCUT2D eigenvalue weighted by molar-refractivity contribution is 9.10. The van der Waals surface area contributed by atoms with Crippen molar-refractivity contribution < 1.29 is 14.2 Å². The molecule has 0 unspecified atom stereocenters. The molecule has 1 rings (SSSR count). The summed E-state index contributed by atoms with van der Waals surface area (Å²) in [5, 5.41) is 9.12. The molecule has 1 aromatic rings. The van der Waals surface area contributed by atoms with Crippen LogP contribution in [0.2, 0.25) is 0 Å². The Labute approximate surface area is 96.2 Å². The minimum Gasteiger partial charge on any atom is -0.389 e. The molecule has 1 atom stereocenters. The van der Waals surface area contributed by atoms with E-state index in [1.807, 2.05) is 0 Å². The van der Waals surface area contributed by atoms with Gasteiger partial charge >= 0.3 is 0 Å². The minimum absolute atomic E-state index is 0.152. The first-order chi connectivity index (χ1) is 7.13. The molecule has 15 heavy (non-hydrogen) atoms. The first-order valence-electron chi connectivity index (χ1n) is 4.53. The van der Waals surface area contributed by atoms with Gasteiger partial charge in [-0.1, -0.05) is 15.9 Å². The van der Waals surface area contributed by atoms with Gasteiger partial charge in [0, 0.05) is 11.0 Å². The fourth-order valence-corrected chi connectivity index (χ4v) is 1.39. The van der Waals surface area contributed by atoms with Gasteiger partial charge in [0.1, 0.15) is 5.82 Å². The Balaban J connectivity index is 2.46. The minimum atomic E-state index is -0.669. The van der Waals surface area contributed by atoms with E-state index in [2.05, 4.69) is 15.9 Å². The van der Waals surface area contributed by atoms with Gasteiger partial charge in [-0.05, 0) is 23.8 Å². The van der Waals surface area contributed by atoms with Gasteiger partial charge < -0.3 is 15.6 Å². The predicted molar refractivity (Wildman–Crippen MR) is 58.8 cm³/mol. The number of benzene rings is 1. The van der Waals surface area contributed by atoms with Crippen LogP contribution in [0.15, 0.2) is 22.7 Å². The lowest BCUT2D eigenvalue weighted by Crippen LogP contribution is -2.25. The van der Waals surface area contributed by atoms with Crippen LogP contribution < -0.4 is 5.73 Å². The van der Waals surface area contributed by atoms with Gasteiger partial charge in [0.15, 0.2) is 0 Å². The first-order valence-corrected chi connectivity index (χ1v) is 5.32. The highest BCUT2D eigenvalue weighted by atomic mass is 79.9. The van der Waals surface area contributed by atoms with Crippen LogP contribution >= 0.6 is 15.9 Å². The summed E-state index contributed by atoms with van der Waals surface area (Å²) in [7, 11) is 0. The Morgan fingerprint density at radius 2 is 2.27 bits per heavy atom. The molecule has 0 saturated heterocycles. The highest BCUT2D eigenvalue weighted by Crippen LogP contribution is 2.18. The van der Waals surface area contributed by atoms with Crippen molar-refractivity contribution in [3.8, 4) is 0 Å². The van der Waals surface area contributed by atoms with E-state index >= 15 is 0 Å². The van der Waals surface area contributed by atoms with E-state index in [1.54, 1.807) is 6.07 Å². The van der Waals surface area contributed by atoms with Crippen molar-refractivity contribution >= 4 is 15.9 Å². The summed E-state index contributed by atoms with van der Waals surface area (Å²) >= 11 is 3.28. The van der Waals surface area contributed by atoms with Crippen LogP contribution in [0.5, 0.6) is 0 Å². The topological polar surface area (TPSA) is 55.5 Å². The zero-order valence-corrected chi connectivity index (χ0v) is 9.71. The molecule has 0 heterocycles. The number of hydrogen-bond acceptors (Lipinski definition) is 3. The lowest BCUT2D eigenvalue weighted by molar-refractivity contribution is 0.0326. The highest BCUT2D eigenvalue weighted by Gasteiger charge is 2.04. The van der Waals surface area contributed by atoms with E-state index < -0.39 is 6.10 Å². The van der Waals surface area contributed by atoms with Crippen LogP contribution in [0.25, 0.3) is 0 Å². The standard InChI is InChI=1S/C10H13BrFNO2/c11-10-2-1-8(12)3-7(10)5-15-6-9(14)4-13/h1-3,9,14H,4-6,13H2/t9-/m1/s1. The van der Waals surface area contributed by atoms with Crippen molar-refractivity contribution in [2.75, 3.05) is 13.2 Å². The van der Waals surface area contributed by atoms with E-state index in [1.165, 1.54) is 12.1 Å². The molecule has 0 saturated carbocycles. The number of rotatable bonds is 5. The van der Waals surface area contributed by atoms with Gasteiger partial charge in [-0.2, -0.15) is 0 Å². The molecule has 0 aliphatic heterocycles. The molecule has 84 valence electrons. The maximum Gasteiger partial charge on any atom is 0.123 e. The second kappa shape index (κ2) is 6.17. The molecule has 0 spiro atoms. The van der Waals surface area contributed by atoms with Gasteiger partial charge in [-0.25, -0.2) is 4.39 Å². The van der Waals surface area contributed by atoms with Crippen LogP contribution in [-0.4, -0.2) is 24.4 Å². The lowest BCUT2D eigenvalue weighted by atomic mass is 10.2. The average Bonchev–Trinajstić information content (AvgIpc) is 2.23. The second-order valence-electron chi connectivity index (χ2n) is 3.14. The SMILES string of the molecule is NC[C@@H](O)COCc1cc(F)ccc1Br. The van der Waals surface area contributed by atoms with E-state index in [4.69, 9.17) is 15.6 Å². The summed E-state index contributed by atoms with van der Waals surface area (Å²) in [6.45, 7) is 0.555. The molecule has 3 N–H and O–H groups in total. The molecule has 0 fully saturated rings. The molecule has 0 amide bonds. The van der Waals surface area contributed by atoms with Crippen LogP contribution in [0.3, 0.4) is 0 Å². The zero-order chi connectivity index (χ0) is 11.3.